The van der Waals surface area contributed by atoms with Gasteiger partial charge in [0.05, 0.1) is 0 Å². The quantitative estimate of drug-likeness (QED) is 0.919. The Morgan fingerprint density at radius 3 is 2.35 bits per heavy atom. The Bertz CT molecular complexity index is 421. The normalized spacial score (nSPS) is 17.4. The van der Waals surface area contributed by atoms with E-state index in [1.54, 1.807) is 0 Å². The molecule has 4 nitrogen and oxygen atoms in total. The molecule has 0 bridgehead atoms. The second-order valence-corrected chi connectivity index (χ2v) is 5.44. The van der Waals surface area contributed by atoms with Crippen molar-refractivity contribution in [3.8, 4) is 5.75 Å². The molecule has 0 unspecified atom stereocenters. The number of nitrogens with zero attached hydrogens (tertiary/aromatic N) is 1. The summed E-state index contributed by atoms with van der Waals surface area (Å²) in [7, 11) is 0. The third kappa shape index (κ3) is 4.23. The zero-order valence-electron chi connectivity index (χ0n) is 12.2. The molecule has 0 aliphatic carbocycles. The number of hydrogen-bond acceptors (Lipinski definition) is 3. The highest BCUT2D eigenvalue weighted by Gasteiger charge is 2.15. The summed E-state index contributed by atoms with van der Waals surface area (Å²) < 4.78 is 5.56. The van der Waals surface area contributed by atoms with Crippen LogP contribution in [0.1, 0.15) is 44.2 Å². The van der Waals surface area contributed by atoms with Gasteiger partial charge in [0.2, 0.25) is 0 Å². The summed E-state index contributed by atoms with van der Waals surface area (Å²) in [5, 5.41) is 0. The van der Waals surface area contributed by atoms with Gasteiger partial charge in [0.15, 0.2) is 6.61 Å². The summed E-state index contributed by atoms with van der Waals surface area (Å²) in [5.41, 5.74) is 6.86. The van der Waals surface area contributed by atoms with Gasteiger partial charge in [-0.3, -0.25) is 4.79 Å². The smallest absolute Gasteiger partial charge is 0.260 e. The second-order valence-electron chi connectivity index (χ2n) is 5.44. The average Bonchev–Trinajstić information content (AvgIpc) is 2.74. The van der Waals surface area contributed by atoms with Crippen LogP contribution in [-0.4, -0.2) is 30.5 Å². The minimum absolute atomic E-state index is 0.0165. The van der Waals surface area contributed by atoms with Gasteiger partial charge in [0, 0.05) is 19.1 Å². The zero-order valence-corrected chi connectivity index (χ0v) is 12.2. The van der Waals surface area contributed by atoms with E-state index in [9.17, 15) is 4.79 Å². The van der Waals surface area contributed by atoms with Gasteiger partial charge < -0.3 is 15.4 Å². The maximum atomic E-state index is 12.1. The van der Waals surface area contributed by atoms with Gasteiger partial charge in [-0.15, -0.1) is 0 Å². The van der Waals surface area contributed by atoms with Crippen molar-refractivity contribution >= 4 is 5.91 Å². The highest BCUT2D eigenvalue weighted by Crippen LogP contribution is 2.16. The van der Waals surface area contributed by atoms with Crippen molar-refractivity contribution in [1.29, 1.82) is 0 Å². The predicted octanol–water partition coefficient (Wildman–Crippen LogP) is 2.49. The molecular weight excluding hydrogens is 252 g/mol. The first kappa shape index (κ1) is 14.9. The molecule has 1 aromatic rings. The lowest BCUT2D eigenvalue weighted by atomic mass is 10.1. The Morgan fingerprint density at radius 2 is 1.80 bits per heavy atom. The topological polar surface area (TPSA) is 55.6 Å². The van der Waals surface area contributed by atoms with E-state index in [4.69, 9.17) is 10.5 Å². The zero-order chi connectivity index (χ0) is 14.4. The number of ether oxygens (including phenoxy) is 1. The van der Waals surface area contributed by atoms with Crippen molar-refractivity contribution in [3.63, 3.8) is 0 Å². The molecule has 0 radical (unpaired) electrons. The average molecular weight is 276 g/mol. The number of rotatable bonds is 4. The van der Waals surface area contributed by atoms with Crippen molar-refractivity contribution in [2.24, 2.45) is 5.73 Å². The molecule has 1 fully saturated rings. The lowest BCUT2D eigenvalue weighted by Gasteiger charge is -2.20. The van der Waals surface area contributed by atoms with Gasteiger partial charge in [-0.1, -0.05) is 25.0 Å². The van der Waals surface area contributed by atoms with Crippen LogP contribution in [-0.2, 0) is 4.79 Å². The van der Waals surface area contributed by atoms with Crippen molar-refractivity contribution in [1.82, 2.24) is 4.90 Å². The standard InChI is InChI=1S/C16H24N2O2/c1-13(17)14-6-8-15(9-7-14)20-12-16(19)18-10-4-2-3-5-11-18/h6-9,13H,2-5,10-12,17H2,1H3/t13-/m1/s1. The molecule has 1 aromatic carbocycles. The maximum Gasteiger partial charge on any atom is 0.260 e. The monoisotopic (exact) mass is 276 g/mol. The summed E-state index contributed by atoms with van der Waals surface area (Å²) in [6.07, 6.45) is 4.66. The van der Waals surface area contributed by atoms with Crippen LogP contribution < -0.4 is 10.5 Å². The predicted molar refractivity (Wildman–Crippen MR) is 79.6 cm³/mol. The Labute approximate surface area is 120 Å². The van der Waals surface area contributed by atoms with Gasteiger partial charge in [0.1, 0.15) is 5.75 Å². The minimum Gasteiger partial charge on any atom is -0.484 e. The van der Waals surface area contributed by atoms with Crippen LogP contribution in [0.3, 0.4) is 0 Å². The van der Waals surface area contributed by atoms with Crippen LogP contribution in [0.2, 0.25) is 0 Å². The molecule has 1 aliphatic heterocycles. The number of likely N-dealkylation sites (tertiary alicyclic amines) is 1. The maximum absolute atomic E-state index is 12.1. The fourth-order valence-electron chi connectivity index (χ4n) is 2.42. The molecule has 1 amide bonds. The summed E-state index contributed by atoms with van der Waals surface area (Å²) >= 11 is 0. The van der Waals surface area contributed by atoms with Crippen LogP contribution in [0.15, 0.2) is 24.3 Å². The molecule has 20 heavy (non-hydrogen) atoms. The van der Waals surface area contributed by atoms with Crippen molar-refractivity contribution in [2.75, 3.05) is 19.7 Å². The van der Waals surface area contributed by atoms with E-state index in [0.717, 1.165) is 37.2 Å². The first-order valence-corrected chi connectivity index (χ1v) is 7.43. The van der Waals surface area contributed by atoms with Crippen molar-refractivity contribution in [2.45, 2.75) is 38.6 Å². The largest absolute Gasteiger partial charge is 0.484 e. The molecule has 1 aliphatic rings. The first-order valence-electron chi connectivity index (χ1n) is 7.43. The van der Waals surface area contributed by atoms with Gasteiger partial charge in [-0.2, -0.15) is 0 Å². The van der Waals surface area contributed by atoms with E-state index in [1.165, 1.54) is 12.8 Å². The number of carbonyl (C=O) groups excluding carboxylic acids is 1. The van der Waals surface area contributed by atoms with Gasteiger partial charge in [-0.05, 0) is 37.5 Å². The Kier molecular flexibility index (Phi) is 5.41. The van der Waals surface area contributed by atoms with E-state index < -0.39 is 0 Å². The molecule has 1 atom stereocenters. The molecule has 1 heterocycles. The third-order valence-electron chi connectivity index (χ3n) is 3.73. The van der Waals surface area contributed by atoms with Crippen LogP contribution in [0.4, 0.5) is 0 Å². The first-order chi connectivity index (χ1) is 9.66. The Balaban J connectivity index is 1.83. The number of benzene rings is 1. The highest BCUT2D eigenvalue weighted by molar-refractivity contribution is 5.77. The van der Waals surface area contributed by atoms with E-state index in [0.29, 0.717) is 0 Å². The SMILES string of the molecule is C[C@@H](N)c1ccc(OCC(=O)N2CCCCCC2)cc1. The fraction of sp³-hybridized carbons (Fsp3) is 0.562. The molecule has 1 saturated heterocycles. The van der Waals surface area contributed by atoms with Crippen molar-refractivity contribution < 1.29 is 9.53 Å². The number of amides is 1. The van der Waals surface area contributed by atoms with E-state index in [1.807, 2.05) is 36.1 Å². The number of hydrogen-bond donors (Lipinski definition) is 1. The molecule has 4 heteroatoms. The van der Waals surface area contributed by atoms with E-state index in [-0.39, 0.29) is 18.6 Å². The van der Waals surface area contributed by atoms with Gasteiger partial charge in [-0.25, -0.2) is 0 Å². The third-order valence-corrected chi connectivity index (χ3v) is 3.73. The van der Waals surface area contributed by atoms with Gasteiger partial charge >= 0.3 is 0 Å². The Hall–Kier alpha value is -1.55. The summed E-state index contributed by atoms with van der Waals surface area (Å²) in [5.74, 6) is 0.806. The molecule has 0 spiro atoms. The lowest BCUT2D eigenvalue weighted by molar-refractivity contribution is -0.133. The number of carbonyl (C=O) groups is 1. The molecular formula is C16H24N2O2. The Morgan fingerprint density at radius 1 is 1.20 bits per heavy atom. The molecule has 0 aromatic heterocycles. The van der Waals surface area contributed by atoms with Crippen LogP contribution >= 0.6 is 0 Å². The summed E-state index contributed by atoms with van der Waals surface area (Å²) in [6.45, 7) is 3.80. The van der Waals surface area contributed by atoms with Crippen molar-refractivity contribution in [3.05, 3.63) is 29.8 Å². The summed E-state index contributed by atoms with van der Waals surface area (Å²) in [4.78, 5) is 14.0. The molecule has 0 saturated carbocycles. The highest BCUT2D eigenvalue weighted by atomic mass is 16.5. The summed E-state index contributed by atoms with van der Waals surface area (Å²) in [6, 6.07) is 7.64. The number of nitrogens with two attached hydrogens (primary N) is 1. The lowest BCUT2D eigenvalue weighted by Crippen LogP contribution is -2.35. The minimum atomic E-state index is 0.0165. The second kappa shape index (κ2) is 7.29. The van der Waals surface area contributed by atoms with E-state index in [2.05, 4.69) is 0 Å². The van der Waals surface area contributed by atoms with E-state index >= 15 is 0 Å². The van der Waals surface area contributed by atoms with Crippen LogP contribution in [0, 0.1) is 0 Å². The van der Waals surface area contributed by atoms with Crippen LogP contribution in [0.25, 0.3) is 0 Å². The fourth-order valence-corrected chi connectivity index (χ4v) is 2.42. The molecule has 2 rings (SSSR count). The molecule has 110 valence electrons. The van der Waals surface area contributed by atoms with Gasteiger partial charge in [0.25, 0.3) is 5.91 Å². The molecule has 2 N–H and O–H groups in total. The van der Waals surface area contributed by atoms with Crippen LogP contribution in [0.5, 0.6) is 5.75 Å².